The summed E-state index contributed by atoms with van der Waals surface area (Å²) in [5.41, 5.74) is 11.0. The van der Waals surface area contributed by atoms with Gasteiger partial charge < -0.3 is 10.6 Å². The highest BCUT2D eigenvalue weighted by Gasteiger charge is 2.21. The second-order valence-electron chi connectivity index (χ2n) is 8.14. The first kappa shape index (κ1) is 20.1. The average molecular weight is 427 g/mol. The van der Waals surface area contributed by atoms with Gasteiger partial charge in [0.2, 0.25) is 5.95 Å². The normalized spacial score (nSPS) is 14.6. The monoisotopic (exact) mass is 427 g/mol. The number of aromatic amines is 1. The number of benzene rings is 2. The van der Waals surface area contributed by atoms with Crippen molar-refractivity contribution < 1.29 is 4.39 Å². The predicted octanol–water partition coefficient (Wildman–Crippen LogP) is 3.93. The van der Waals surface area contributed by atoms with E-state index in [1.54, 1.807) is 12.3 Å². The quantitative estimate of drug-likeness (QED) is 0.513. The van der Waals surface area contributed by atoms with Crippen LogP contribution in [0.1, 0.15) is 24.1 Å². The smallest absolute Gasteiger partial charge is 0.226 e. The standard InChI is InChI=1S/C24H22FN7/c1-14-20(13-28-31-14)15-4-5-22-19(10-15)23(16-2-3-17(12-26)21(25)11-16)30-24(29-22)32-8-6-18(27)7-9-32/h2-5,10-11,13,18H,6-9,27H2,1H3,(H,28,31). The van der Waals surface area contributed by atoms with Crippen molar-refractivity contribution >= 4 is 16.9 Å². The molecule has 160 valence electrons. The SMILES string of the molecule is Cc1[nH]ncc1-c1ccc2nc(N3CCC(N)CC3)nc(-c3ccc(C#N)c(F)c3)c2c1. The summed E-state index contributed by atoms with van der Waals surface area (Å²) < 4.78 is 14.5. The maximum absolute atomic E-state index is 14.5. The fraction of sp³-hybridized carbons (Fsp3) is 0.250. The molecule has 0 bridgehead atoms. The summed E-state index contributed by atoms with van der Waals surface area (Å²) in [6.45, 7) is 3.52. The maximum Gasteiger partial charge on any atom is 0.226 e. The molecule has 3 heterocycles. The van der Waals surface area contributed by atoms with Gasteiger partial charge in [-0.05, 0) is 49.6 Å². The summed E-state index contributed by atoms with van der Waals surface area (Å²) >= 11 is 0. The highest BCUT2D eigenvalue weighted by molar-refractivity contribution is 5.96. The third kappa shape index (κ3) is 3.57. The van der Waals surface area contributed by atoms with Gasteiger partial charge in [-0.3, -0.25) is 5.10 Å². The van der Waals surface area contributed by atoms with Gasteiger partial charge in [-0.2, -0.15) is 10.4 Å². The van der Waals surface area contributed by atoms with Gasteiger partial charge >= 0.3 is 0 Å². The Morgan fingerprint density at radius 1 is 1.12 bits per heavy atom. The molecule has 0 radical (unpaired) electrons. The maximum atomic E-state index is 14.5. The van der Waals surface area contributed by atoms with Crippen LogP contribution in [0.15, 0.2) is 42.6 Å². The minimum Gasteiger partial charge on any atom is -0.341 e. The molecule has 4 aromatic rings. The van der Waals surface area contributed by atoms with Gasteiger partial charge in [-0.15, -0.1) is 0 Å². The van der Waals surface area contributed by atoms with E-state index in [1.165, 1.54) is 12.1 Å². The van der Waals surface area contributed by atoms with Crippen LogP contribution in [0.5, 0.6) is 0 Å². The number of aromatic nitrogens is 4. The summed E-state index contributed by atoms with van der Waals surface area (Å²) in [4.78, 5) is 11.8. The molecule has 32 heavy (non-hydrogen) atoms. The molecule has 0 aliphatic carbocycles. The van der Waals surface area contributed by atoms with Gasteiger partial charge in [-0.1, -0.05) is 12.1 Å². The van der Waals surface area contributed by atoms with E-state index in [0.29, 0.717) is 17.2 Å². The van der Waals surface area contributed by atoms with Crippen molar-refractivity contribution in [3.8, 4) is 28.5 Å². The Morgan fingerprint density at radius 3 is 2.59 bits per heavy atom. The molecule has 1 aliphatic heterocycles. The fourth-order valence-electron chi connectivity index (χ4n) is 4.14. The van der Waals surface area contributed by atoms with Crippen LogP contribution in [0, 0.1) is 24.1 Å². The lowest BCUT2D eigenvalue weighted by Crippen LogP contribution is -2.40. The lowest BCUT2D eigenvalue weighted by atomic mass is 10.00. The largest absolute Gasteiger partial charge is 0.341 e. The van der Waals surface area contributed by atoms with Crippen LogP contribution >= 0.6 is 0 Å². The van der Waals surface area contributed by atoms with Crippen molar-refractivity contribution in [3.63, 3.8) is 0 Å². The average Bonchev–Trinajstić information content (AvgIpc) is 3.24. The number of fused-ring (bicyclic) bond motifs is 1. The predicted molar refractivity (Wildman–Crippen MR) is 121 cm³/mol. The molecule has 1 saturated heterocycles. The van der Waals surface area contributed by atoms with Gasteiger partial charge in [0, 0.05) is 41.3 Å². The van der Waals surface area contributed by atoms with Crippen molar-refractivity contribution in [2.75, 3.05) is 18.0 Å². The zero-order valence-electron chi connectivity index (χ0n) is 17.6. The van der Waals surface area contributed by atoms with Crippen molar-refractivity contribution in [1.82, 2.24) is 20.2 Å². The van der Waals surface area contributed by atoms with Gasteiger partial charge in [0.15, 0.2) is 0 Å². The number of nitrogens with zero attached hydrogens (tertiary/aromatic N) is 5. The number of rotatable bonds is 3. The highest BCUT2D eigenvalue weighted by Crippen LogP contribution is 2.33. The van der Waals surface area contributed by atoms with Crippen LogP contribution < -0.4 is 10.6 Å². The second-order valence-corrected chi connectivity index (χ2v) is 8.14. The Kier molecular flexibility index (Phi) is 5.04. The fourth-order valence-corrected chi connectivity index (χ4v) is 4.14. The zero-order chi connectivity index (χ0) is 22.2. The summed E-state index contributed by atoms with van der Waals surface area (Å²) in [6.07, 6.45) is 3.53. The number of nitrogens with two attached hydrogens (primary N) is 1. The number of halogens is 1. The lowest BCUT2D eigenvalue weighted by molar-refractivity contribution is 0.496. The first-order valence-corrected chi connectivity index (χ1v) is 10.6. The third-order valence-electron chi connectivity index (χ3n) is 6.01. The van der Waals surface area contributed by atoms with Crippen LogP contribution in [-0.4, -0.2) is 39.3 Å². The summed E-state index contributed by atoms with van der Waals surface area (Å²) in [5.74, 6) is 0.0421. The first-order chi connectivity index (χ1) is 15.5. The molecule has 0 atom stereocenters. The first-order valence-electron chi connectivity index (χ1n) is 10.6. The number of hydrogen-bond acceptors (Lipinski definition) is 6. The van der Waals surface area contributed by atoms with E-state index in [2.05, 4.69) is 15.1 Å². The van der Waals surface area contributed by atoms with E-state index in [0.717, 1.165) is 53.7 Å². The van der Waals surface area contributed by atoms with E-state index in [9.17, 15) is 4.39 Å². The van der Waals surface area contributed by atoms with Gasteiger partial charge in [0.25, 0.3) is 0 Å². The molecule has 2 aromatic heterocycles. The molecule has 5 rings (SSSR count). The van der Waals surface area contributed by atoms with Crippen molar-refractivity contribution in [2.45, 2.75) is 25.8 Å². The minimum atomic E-state index is -0.566. The second kappa shape index (κ2) is 8.02. The summed E-state index contributed by atoms with van der Waals surface area (Å²) in [5, 5.41) is 17.0. The van der Waals surface area contributed by atoms with Crippen molar-refractivity contribution in [3.05, 3.63) is 59.7 Å². The minimum absolute atomic E-state index is 0.00654. The number of aryl methyl sites for hydroxylation is 1. The number of piperidine rings is 1. The van der Waals surface area contributed by atoms with Gasteiger partial charge in [-0.25, -0.2) is 14.4 Å². The topological polar surface area (TPSA) is 108 Å². The van der Waals surface area contributed by atoms with E-state index < -0.39 is 5.82 Å². The molecule has 0 saturated carbocycles. The van der Waals surface area contributed by atoms with Gasteiger partial charge in [0.05, 0.1) is 23.0 Å². The zero-order valence-corrected chi connectivity index (χ0v) is 17.6. The summed E-state index contributed by atoms with van der Waals surface area (Å²) in [6, 6.07) is 12.6. The van der Waals surface area contributed by atoms with Gasteiger partial charge in [0.1, 0.15) is 11.9 Å². The lowest BCUT2D eigenvalue weighted by Gasteiger charge is -2.30. The molecule has 1 aliphatic rings. The highest BCUT2D eigenvalue weighted by atomic mass is 19.1. The molecule has 7 nitrogen and oxygen atoms in total. The van der Waals surface area contributed by atoms with Crippen LogP contribution in [0.2, 0.25) is 0 Å². The molecule has 0 unspecified atom stereocenters. The third-order valence-corrected chi connectivity index (χ3v) is 6.01. The van der Waals surface area contributed by atoms with Crippen molar-refractivity contribution in [1.29, 1.82) is 5.26 Å². The van der Waals surface area contributed by atoms with Crippen LogP contribution in [0.3, 0.4) is 0 Å². The number of H-pyrrole nitrogens is 1. The Morgan fingerprint density at radius 2 is 1.91 bits per heavy atom. The van der Waals surface area contributed by atoms with E-state index in [4.69, 9.17) is 21.0 Å². The number of hydrogen-bond donors (Lipinski definition) is 2. The van der Waals surface area contributed by atoms with E-state index in [1.807, 2.05) is 31.2 Å². The van der Waals surface area contributed by atoms with Crippen LogP contribution in [0.4, 0.5) is 10.3 Å². The Balaban J connectivity index is 1.70. The van der Waals surface area contributed by atoms with Crippen LogP contribution in [0.25, 0.3) is 33.3 Å². The molecular formula is C24H22FN7. The Bertz CT molecular complexity index is 1350. The molecular weight excluding hydrogens is 405 g/mol. The molecule has 2 aromatic carbocycles. The number of nitrogens with one attached hydrogen (secondary N) is 1. The van der Waals surface area contributed by atoms with Crippen molar-refractivity contribution in [2.24, 2.45) is 5.73 Å². The van der Waals surface area contributed by atoms with Crippen LogP contribution in [-0.2, 0) is 0 Å². The number of nitriles is 1. The number of anilines is 1. The molecule has 3 N–H and O–H groups in total. The molecule has 0 amide bonds. The van der Waals surface area contributed by atoms with E-state index in [-0.39, 0.29) is 11.6 Å². The Hall–Kier alpha value is -3.83. The molecule has 8 heteroatoms. The Labute approximate surface area is 184 Å². The molecule has 1 fully saturated rings. The molecule has 0 spiro atoms. The summed E-state index contributed by atoms with van der Waals surface area (Å²) in [7, 11) is 0. The van der Waals surface area contributed by atoms with E-state index >= 15 is 0 Å².